The van der Waals surface area contributed by atoms with Crippen LogP contribution in [0.2, 0.25) is 5.02 Å². The first kappa shape index (κ1) is 30.4. The molecule has 4 rings (SSSR count). The van der Waals surface area contributed by atoms with Gasteiger partial charge in [-0.3, -0.25) is 13.9 Å². The second-order valence-corrected chi connectivity index (χ2v) is 12.6. The SMILES string of the molecule is COc1ccc(S(=O)(=O)N(CC(=O)N(Cc2cccc(C)c2)[C@H](C)C(=O)NC2CCCC2)c2cccc(Cl)c2)cc1. The number of halogens is 1. The monoisotopic (exact) mass is 597 g/mol. The van der Waals surface area contributed by atoms with Gasteiger partial charge >= 0.3 is 0 Å². The van der Waals surface area contributed by atoms with Crippen molar-refractivity contribution in [2.45, 2.75) is 63.1 Å². The molecule has 1 aliphatic carbocycles. The number of amides is 2. The van der Waals surface area contributed by atoms with Gasteiger partial charge < -0.3 is 15.0 Å². The topological polar surface area (TPSA) is 96.0 Å². The molecule has 0 bridgehead atoms. The Balaban J connectivity index is 1.69. The molecule has 0 aromatic heterocycles. The van der Waals surface area contributed by atoms with Crippen molar-refractivity contribution in [1.29, 1.82) is 0 Å². The molecular formula is C31H36ClN3O5S. The largest absolute Gasteiger partial charge is 0.497 e. The van der Waals surface area contributed by atoms with Gasteiger partial charge in [0.1, 0.15) is 18.3 Å². The van der Waals surface area contributed by atoms with Crippen LogP contribution in [0.4, 0.5) is 5.69 Å². The number of carbonyl (C=O) groups excluding carboxylic acids is 2. The van der Waals surface area contributed by atoms with Crippen LogP contribution >= 0.6 is 11.6 Å². The number of hydrogen-bond acceptors (Lipinski definition) is 5. The molecule has 3 aromatic carbocycles. The zero-order chi connectivity index (χ0) is 29.6. The van der Waals surface area contributed by atoms with Crippen LogP contribution in [0.3, 0.4) is 0 Å². The Kier molecular flexibility index (Phi) is 9.94. The van der Waals surface area contributed by atoms with E-state index in [2.05, 4.69) is 5.32 Å². The van der Waals surface area contributed by atoms with E-state index in [0.717, 1.165) is 41.1 Å². The van der Waals surface area contributed by atoms with Crippen molar-refractivity contribution in [2.24, 2.45) is 0 Å². The van der Waals surface area contributed by atoms with Crippen molar-refractivity contribution < 1.29 is 22.7 Å². The smallest absolute Gasteiger partial charge is 0.264 e. The molecule has 0 spiro atoms. The first-order chi connectivity index (χ1) is 19.6. The van der Waals surface area contributed by atoms with Gasteiger partial charge in [0.2, 0.25) is 11.8 Å². The molecule has 1 fully saturated rings. The molecule has 0 saturated heterocycles. The average molecular weight is 598 g/mol. The molecular weight excluding hydrogens is 562 g/mol. The number of rotatable bonds is 11. The number of benzene rings is 3. The number of nitrogens with zero attached hydrogens (tertiary/aromatic N) is 2. The van der Waals surface area contributed by atoms with Crippen LogP contribution in [-0.4, -0.2) is 50.9 Å². The molecule has 1 atom stereocenters. The van der Waals surface area contributed by atoms with Crippen molar-refractivity contribution in [3.63, 3.8) is 0 Å². The van der Waals surface area contributed by atoms with Crippen molar-refractivity contribution in [1.82, 2.24) is 10.2 Å². The van der Waals surface area contributed by atoms with E-state index in [1.165, 1.54) is 30.2 Å². The summed E-state index contributed by atoms with van der Waals surface area (Å²) in [5, 5.41) is 3.40. The lowest BCUT2D eigenvalue weighted by Gasteiger charge is -2.32. The summed E-state index contributed by atoms with van der Waals surface area (Å²) in [6.07, 6.45) is 3.94. The zero-order valence-electron chi connectivity index (χ0n) is 23.5. The summed E-state index contributed by atoms with van der Waals surface area (Å²) < 4.78 is 34.1. The summed E-state index contributed by atoms with van der Waals surface area (Å²) in [6, 6.07) is 19.2. The molecule has 1 N–H and O–H groups in total. The summed E-state index contributed by atoms with van der Waals surface area (Å²) in [5.41, 5.74) is 2.09. The lowest BCUT2D eigenvalue weighted by Crippen LogP contribution is -2.52. The van der Waals surface area contributed by atoms with Crippen LogP contribution in [0.15, 0.2) is 77.7 Å². The normalized spacial score (nSPS) is 14.3. The van der Waals surface area contributed by atoms with E-state index in [-0.39, 0.29) is 29.1 Å². The highest BCUT2D eigenvalue weighted by molar-refractivity contribution is 7.92. The summed E-state index contributed by atoms with van der Waals surface area (Å²) in [6.45, 7) is 3.25. The van der Waals surface area contributed by atoms with Crippen molar-refractivity contribution in [3.05, 3.63) is 88.9 Å². The summed E-state index contributed by atoms with van der Waals surface area (Å²) in [4.78, 5) is 28.8. The third-order valence-electron chi connectivity index (χ3n) is 7.33. The minimum atomic E-state index is -4.20. The van der Waals surface area contributed by atoms with Gasteiger partial charge in [-0.1, -0.05) is 60.3 Å². The highest BCUT2D eigenvalue weighted by Crippen LogP contribution is 2.28. The van der Waals surface area contributed by atoms with Gasteiger partial charge in [-0.2, -0.15) is 0 Å². The van der Waals surface area contributed by atoms with E-state index in [9.17, 15) is 18.0 Å². The maximum absolute atomic E-state index is 14.0. The predicted molar refractivity (Wildman–Crippen MR) is 161 cm³/mol. The Morgan fingerprint density at radius 1 is 1.02 bits per heavy atom. The molecule has 0 unspecified atom stereocenters. The molecule has 0 aliphatic heterocycles. The Hall–Kier alpha value is -3.56. The van der Waals surface area contributed by atoms with Crippen LogP contribution in [0, 0.1) is 6.92 Å². The lowest BCUT2D eigenvalue weighted by atomic mass is 10.1. The quantitative estimate of drug-likeness (QED) is 0.322. The maximum Gasteiger partial charge on any atom is 0.264 e. The van der Waals surface area contributed by atoms with Gasteiger partial charge in [0.15, 0.2) is 0 Å². The second-order valence-electron chi connectivity index (χ2n) is 10.3. The third-order valence-corrected chi connectivity index (χ3v) is 9.35. The molecule has 0 heterocycles. The average Bonchev–Trinajstić information content (AvgIpc) is 3.47. The van der Waals surface area contributed by atoms with Crippen LogP contribution in [-0.2, 0) is 26.2 Å². The van der Waals surface area contributed by atoms with E-state index in [1.807, 2.05) is 31.2 Å². The van der Waals surface area contributed by atoms with E-state index in [4.69, 9.17) is 16.3 Å². The maximum atomic E-state index is 14.0. The first-order valence-electron chi connectivity index (χ1n) is 13.7. The minimum Gasteiger partial charge on any atom is -0.497 e. The standard InChI is InChI=1S/C31H36ClN3O5S/c1-22-8-6-9-24(18-22)20-34(23(2)31(37)33-26-11-4-5-12-26)30(36)21-35(27-13-7-10-25(32)19-27)41(38,39)29-16-14-28(40-3)15-17-29/h6-10,13-19,23,26H,4-5,11-12,20-21H2,1-3H3,(H,33,37)/t23-/m1/s1. The fraction of sp³-hybridized carbons (Fsp3) is 0.355. The van der Waals surface area contributed by atoms with Gasteiger partial charge in [-0.25, -0.2) is 8.42 Å². The molecule has 3 aromatic rings. The second kappa shape index (κ2) is 13.4. The summed E-state index contributed by atoms with van der Waals surface area (Å²) >= 11 is 6.23. The Bertz CT molecular complexity index is 1470. The summed E-state index contributed by atoms with van der Waals surface area (Å²) in [5.74, 6) is -0.274. The number of ether oxygens (including phenoxy) is 1. The molecule has 2 amide bonds. The van der Waals surface area contributed by atoms with E-state index in [1.54, 1.807) is 37.3 Å². The van der Waals surface area contributed by atoms with Gasteiger partial charge in [-0.05, 0) is 74.7 Å². The molecule has 0 radical (unpaired) electrons. The minimum absolute atomic E-state index is 0.0108. The Morgan fingerprint density at radius 3 is 2.34 bits per heavy atom. The van der Waals surface area contributed by atoms with Gasteiger partial charge in [-0.15, -0.1) is 0 Å². The van der Waals surface area contributed by atoms with Crippen molar-refractivity contribution >= 4 is 39.1 Å². The first-order valence-corrected chi connectivity index (χ1v) is 15.5. The van der Waals surface area contributed by atoms with Crippen LogP contribution in [0.1, 0.15) is 43.7 Å². The Labute approximate surface area is 247 Å². The number of aryl methyl sites for hydroxylation is 1. The number of hydrogen-bond donors (Lipinski definition) is 1. The molecule has 1 saturated carbocycles. The predicted octanol–water partition coefficient (Wildman–Crippen LogP) is 5.33. The van der Waals surface area contributed by atoms with Gasteiger partial charge in [0.05, 0.1) is 17.7 Å². The van der Waals surface area contributed by atoms with E-state index in [0.29, 0.717) is 10.8 Å². The van der Waals surface area contributed by atoms with Crippen molar-refractivity contribution in [3.8, 4) is 5.75 Å². The molecule has 1 aliphatic rings. The van der Waals surface area contributed by atoms with Crippen LogP contribution < -0.4 is 14.4 Å². The fourth-order valence-electron chi connectivity index (χ4n) is 5.02. The fourth-order valence-corrected chi connectivity index (χ4v) is 6.61. The molecule has 8 nitrogen and oxygen atoms in total. The van der Waals surface area contributed by atoms with Gasteiger partial charge in [0.25, 0.3) is 10.0 Å². The Morgan fingerprint density at radius 2 is 1.71 bits per heavy atom. The van der Waals surface area contributed by atoms with Crippen LogP contribution in [0.5, 0.6) is 5.75 Å². The molecule has 218 valence electrons. The third kappa shape index (κ3) is 7.59. The van der Waals surface area contributed by atoms with E-state index >= 15 is 0 Å². The molecule has 10 heteroatoms. The van der Waals surface area contributed by atoms with Crippen molar-refractivity contribution in [2.75, 3.05) is 18.0 Å². The highest BCUT2D eigenvalue weighted by atomic mass is 35.5. The van der Waals surface area contributed by atoms with Gasteiger partial charge in [0, 0.05) is 17.6 Å². The number of carbonyl (C=O) groups is 2. The summed E-state index contributed by atoms with van der Waals surface area (Å²) in [7, 11) is -2.70. The number of methoxy groups -OCH3 is 1. The molecule has 41 heavy (non-hydrogen) atoms. The number of sulfonamides is 1. The van der Waals surface area contributed by atoms with E-state index < -0.39 is 28.5 Å². The lowest BCUT2D eigenvalue weighted by molar-refractivity contribution is -0.139. The highest BCUT2D eigenvalue weighted by Gasteiger charge is 2.33. The number of nitrogens with one attached hydrogen (secondary N) is 1. The zero-order valence-corrected chi connectivity index (χ0v) is 25.1. The van der Waals surface area contributed by atoms with Crippen LogP contribution in [0.25, 0.3) is 0 Å². The number of anilines is 1.